The van der Waals surface area contributed by atoms with Gasteiger partial charge in [-0.15, -0.1) is 0 Å². The van der Waals surface area contributed by atoms with Crippen molar-refractivity contribution < 1.29 is 24.5 Å². The van der Waals surface area contributed by atoms with Gasteiger partial charge in [0.25, 0.3) is 0 Å². The molecule has 0 aliphatic heterocycles. The van der Waals surface area contributed by atoms with E-state index in [1.807, 2.05) is 0 Å². The summed E-state index contributed by atoms with van der Waals surface area (Å²) in [5, 5.41) is 20.8. The van der Waals surface area contributed by atoms with Crippen molar-refractivity contribution in [2.45, 2.75) is 13.0 Å². The Bertz CT molecular complexity index is 504. The van der Waals surface area contributed by atoms with Crippen molar-refractivity contribution in [3.05, 3.63) is 23.8 Å². The zero-order valence-electron chi connectivity index (χ0n) is 11.6. The van der Waals surface area contributed by atoms with Crippen molar-refractivity contribution in [2.24, 2.45) is 0 Å². The van der Waals surface area contributed by atoms with Crippen LogP contribution in [-0.2, 0) is 4.74 Å². The molecule has 3 N–H and O–H groups in total. The van der Waals surface area contributed by atoms with Crippen LogP contribution in [0.15, 0.2) is 18.2 Å². The molecule has 7 nitrogen and oxygen atoms in total. The van der Waals surface area contributed by atoms with Crippen molar-refractivity contribution in [2.75, 3.05) is 26.1 Å². The standard InChI is InChI=1S/C13H18N2O5/c1-8(7-20-3)15(2)13(19)14-11-5-4-9(16)6-10(11)12(17)18/h4-6,8,16H,7H2,1-3H3,(H,14,19)(H,17,18). The zero-order chi connectivity index (χ0) is 15.3. The summed E-state index contributed by atoms with van der Waals surface area (Å²) in [6.45, 7) is 2.17. The Kier molecular flexibility index (Phi) is 5.33. The molecule has 0 aromatic heterocycles. The molecule has 110 valence electrons. The topological polar surface area (TPSA) is 99.1 Å². The fourth-order valence-electron chi connectivity index (χ4n) is 1.57. The Morgan fingerprint density at radius 2 is 2.10 bits per heavy atom. The lowest BCUT2D eigenvalue weighted by molar-refractivity contribution is 0.0697. The molecule has 0 saturated carbocycles. The van der Waals surface area contributed by atoms with Crippen LogP contribution in [0.5, 0.6) is 5.75 Å². The maximum absolute atomic E-state index is 12.0. The van der Waals surface area contributed by atoms with Crippen molar-refractivity contribution in [1.82, 2.24) is 4.90 Å². The molecule has 1 aromatic carbocycles. The van der Waals surface area contributed by atoms with Crippen LogP contribution in [0.4, 0.5) is 10.5 Å². The third-order valence-corrected chi connectivity index (χ3v) is 2.86. The number of phenols is 1. The zero-order valence-corrected chi connectivity index (χ0v) is 11.6. The fraction of sp³-hybridized carbons (Fsp3) is 0.385. The molecule has 0 heterocycles. The first-order chi connectivity index (χ1) is 9.36. The first kappa shape index (κ1) is 15.8. The van der Waals surface area contributed by atoms with E-state index in [2.05, 4.69) is 5.32 Å². The summed E-state index contributed by atoms with van der Waals surface area (Å²) >= 11 is 0. The van der Waals surface area contributed by atoms with Gasteiger partial charge in [0.15, 0.2) is 0 Å². The number of carboxylic acid groups (broad SMARTS) is 1. The predicted molar refractivity (Wildman–Crippen MR) is 73.2 cm³/mol. The minimum Gasteiger partial charge on any atom is -0.508 e. The Labute approximate surface area is 116 Å². The van der Waals surface area contributed by atoms with Crippen LogP contribution in [-0.4, -0.2) is 53.9 Å². The number of urea groups is 1. The van der Waals surface area contributed by atoms with Gasteiger partial charge in [0, 0.05) is 14.2 Å². The Morgan fingerprint density at radius 3 is 2.65 bits per heavy atom. The highest BCUT2D eigenvalue weighted by molar-refractivity contribution is 6.00. The van der Waals surface area contributed by atoms with E-state index in [1.165, 1.54) is 24.1 Å². The summed E-state index contributed by atoms with van der Waals surface area (Å²) < 4.78 is 4.95. The number of carbonyl (C=O) groups excluding carboxylic acids is 1. The number of carboxylic acids is 1. The number of hydrogen-bond donors (Lipinski definition) is 3. The van der Waals surface area contributed by atoms with Crippen LogP contribution in [0.1, 0.15) is 17.3 Å². The molecule has 0 fully saturated rings. The van der Waals surface area contributed by atoms with Crippen molar-refractivity contribution in [3.63, 3.8) is 0 Å². The van der Waals surface area contributed by atoms with Crippen LogP contribution >= 0.6 is 0 Å². The molecule has 20 heavy (non-hydrogen) atoms. The number of carbonyl (C=O) groups is 2. The number of methoxy groups -OCH3 is 1. The van der Waals surface area contributed by atoms with Gasteiger partial charge in [-0.05, 0) is 25.1 Å². The van der Waals surface area contributed by atoms with Gasteiger partial charge in [0.05, 0.1) is 23.9 Å². The van der Waals surface area contributed by atoms with E-state index < -0.39 is 12.0 Å². The van der Waals surface area contributed by atoms with Gasteiger partial charge in [0.2, 0.25) is 0 Å². The molecule has 0 aliphatic rings. The molecule has 0 spiro atoms. The van der Waals surface area contributed by atoms with E-state index in [-0.39, 0.29) is 23.0 Å². The molecule has 0 aliphatic carbocycles. The van der Waals surface area contributed by atoms with Gasteiger partial charge in [-0.2, -0.15) is 0 Å². The Hall–Kier alpha value is -2.28. The largest absolute Gasteiger partial charge is 0.508 e. The smallest absolute Gasteiger partial charge is 0.337 e. The van der Waals surface area contributed by atoms with Gasteiger partial charge in [-0.25, -0.2) is 9.59 Å². The van der Waals surface area contributed by atoms with E-state index >= 15 is 0 Å². The summed E-state index contributed by atoms with van der Waals surface area (Å²) in [6.07, 6.45) is 0. The van der Waals surface area contributed by atoms with E-state index in [1.54, 1.807) is 14.0 Å². The summed E-state index contributed by atoms with van der Waals surface area (Å²) in [7, 11) is 3.12. The second-order valence-corrected chi connectivity index (χ2v) is 4.38. The Morgan fingerprint density at radius 1 is 1.45 bits per heavy atom. The number of aromatic hydroxyl groups is 1. The van der Waals surface area contributed by atoms with Crippen molar-refractivity contribution in [1.29, 1.82) is 0 Å². The van der Waals surface area contributed by atoms with Gasteiger partial charge in [-0.1, -0.05) is 0 Å². The van der Waals surface area contributed by atoms with Crippen LogP contribution in [0.3, 0.4) is 0 Å². The van der Waals surface area contributed by atoms with Crippen molar-refractivity contribution in [3.8, 4) is 5.75 Å². The number of nitrogens with zero attached hydrogens (tertiary/aromatic N) is 1. The van der Waals surface area contributed by atoms with Gasteiger partial charge in [-0.3, -0.25) is 0 Å². The maximum Gasteiger partial charge on any atom is 0.337 e. The number of likely N-dealkylation sites (N-methyl/N-ethyl adjacent to an activating group) is 1. The highest BCUT2D eigenvalue weighted by Gasteiger charge is 2.18. The SMILES string of the molecule is COCC(C)N(C)C(=O)Nc1ccc(O)cc1C(=O)O. The number of ether oxygens (including phenoxy) is 1. The van der Waals surface area contributed by atoms with E-state index in [0.717, 1.165) is 6.07 Å². The number of anilines is 1. The van der Waals surface area contributed by atoms with Gasteiger partial charge in [0.1, 0.15) is 5.75 Å². The lowest BCUT2D eigenvalue weighted by atomic mass is 10.1. The lowest BCUT2D eigenvalue weighted by Crippen LogP contribution is -2.40. The first-order valence-corrected chi connectivity index (χ1v) is 5.96. The molecule has 1 atom stereocenters. The molecule has 0 radical (unpaired) electrons. The number of hydrogen-bond acceptors (Lipinski definition) is 4. The van der Waals surface area contributed by atoms with Crippen LogP contribution in [0, 0.1) is 0 Å². The summed E-state index contributed by atoms with van der Waals surface area (Å²) in [5.41, 5.74) is -0.0529. The quantitative estimate of drug-likeness (QED) is 0.712. The average Bonchev–Trinajstić information content (AvgIpc) is 2.39. The highest BCUT2D eigenvalue weighted by Crippen LogP contribution is 2.21. The average molecular weight is 282 g/mol. The molecule has 0 saturated heterocycles. The number of phenolic OH excluding ortho intramolecular Hbond substituents is 1. The number of benzene rings is 1. The molecule has 2 amide bonds. The first-order valence-electron chi connectivity index (χ1n) is 5.96. The monoisotopic (exact) mass is 282 g/mol. The van der Waals surface area contributed by atoms with E-state index in [0.29, 0.717) is 6.61 Å². The van der Waals surface area contributed by atoms with Gasteiger partial charge >= 0.3 is 12.0 Å². The predicted octanol–water partition coefficient (Wildman–Crippen LogP) is 1.59. The van der Waals surface area contributed by atoms with Crippen LogP contribution in [0.2, 0.25) is 0 Å². The lowest BCUT2D eigenvalue weighted by Gasteiger charge is -2.24. The highest BCUT2D eigenvalue weighted by atomic mass is 16.5. The second-order valence-electron chi connectivity index (χ2n) is 4.38. The van der Waals surface area contributed by atoms with Crippen LogP contribution < -0.4 is 5.32 Å². The molecular formula is C13H18N2O5. The third kappa shape index (κ3) is 3.86. The number of rotatable bonds is 5. The third-order valence-electron chi connectivity index (χ3n) is 2.86. The molecular weight excluding hydrogens is 264 g/mol. The second kappa shape index (κ2) is 6.76. The van der Waals surface area contributed by atoms with Gasteiger partial charge < -0.3 is 25.2 Å². The minimum absolute atomic E-state index is 0.122. The maximum atomic E-state index is 12.0. The number of amides is 2. The molecule has 1 aromatic rings. The van der Waals surface area contributed by atoms with Crippen LogP contribution in [0.25, 0.3) is 0 Å². The Balaban J connectivity index is 2.88. The van der Waals surface area contributed by atoms with Crippen molar-refractivity contribution >= 4 is 17.7 Å². The normalized spacial score (nSPS) is 11.8. The summed E-state index contributed by atoms with van der Waals surface area (Å²) in [4.78, 5) is 24.5. The summed E-state index contributed by atoms with van der Waals surface area (Å²) in [6, 6.07) is 3.11. The molecule has 0 bridgehead atoms. The summed E-state index contributed by atoms with van der Waals surface area (Å²) in [5.74, 6) is -1.41. The number of nitrogens with one attached hydrogen (secondary N) is 1. The molecule has 7 heteroatoms. The minimum atomic E-state index is -1.23. The number of aromatic carboxylic acids is 1. The fourth-order valence-corrected chi connectivity index (χ4v) is 1.57. The molecule has 1 unspecified atom stereocenters. The molecule has 1 rings (SSSR count). The van der Waals surface area contributed by atoms with E-state index in [9.17, 15) is 14.7 Å². The van der Waals surface area contributed by atoms with E-state index in [4.69, 9.17) is 9.84 Å².